The molecule has 3 rings (SSSR count). The van der Waals surface area contributed by atoms with E-state index in [9.17, 15) is 9.59 Å². The molecule has 122 valence electrons. The Bertz CT molecular complexity index is 855. The number of amides is 2. The van der Waals surface area contributed by atoms with Crippen molar-refractivity contribution < 1.29 is 14.0 Å². The third kappa shape index (κ3) is 3.18. The van der Waals surface area contributed by atoms with Crippen LogP contribution in [0.2, 0.25) is 0 Å². The molecular formula is C17H13BrN2O3S. The topological polar surface area (TPSA) is 62.6 Å². The van der Waals surface area contributed by atoms with Crippen molar-refractivity contribution in [3.63, 3.8) is 0 Å². The molecule has 1 aliphatic heterocycles. The third-order valence-corrected chi connectivity index (χ3v) is 4.40. The van der Waals surface area contributed by atoms with Crippen molar-refractivity contribution >= 4 is 51.2 Å². The van der Waals surface area contributed by atoms with Gasteiger partial charge in [0.25, 0.3) is 11.8 Å². The number of nitrogens with zero attached hydrogens (tertiary/aromatic N) is 1. The zero-order chi connectivity index (χ0) is 17.3. The van der Waals surface area contributed by atoms with Crippen molar-refractivity contribution in [1.29, 1.82) is 0 Å². The summed E-state index contributed by atoms with van der Waals surface area (Å²) in [6.07, 6.45) is 1.43. The van der Waals surface area contributed by atoms with Crippen LogP contribution < -0.4 is 5.32 Å². The number of rotatable bonds is 3. The first kappa shape index (κ1) is 16.6. The summed E-state index contributed by atoms with van der Waals surface area (Å²) in [6, 6.07) is 11.2. The monoisotopic (exact) mass is 404 g/mol. The largest absolute Gasteiger partial charge is 0.457 e. The molecule has 1 saturated heterocycles. The molecule has 1 aliphatic rings. The van der Waals surface area contributed by atoms with Gasteiger partial charge in [-0.1, -0.05) is 28.1 Å². The van der Waals surface area contributed by atoms with E-state index in [1.165, 1.54) is 11.0 Å². The molecule has 0 aliphatic carbocycles. The molecule has 0 radical (unpaired) electrons. The maximum atomic E-state index is 12.4. The highest BCUT2D eigenvalue weighted by molar-refractivity contribution is 9.10. The first-order valence-corrected chi connectivity index (χ1v) is 8.44. The highest BCUT2D eigenvalue weighted by Crippen LogP contribution is 2.25. The van der Waals surface area contributed by atoms with Crippen molar-refractivity contribution in [3.8, 4) is 11.3 Å². The Hall–Kier alpha value is -2.25. The molecule has 24 heavy (non-hydrogen) atoms. The average molecular weight is 405 g/mol. The van der Waals surface area contributed by atoms with Gasteiger partial charge < -0.3 is 4.42 Å². The number of hydrogen-bond donors (Lipinski definition) is 1. The van der Waals surface area contributed by atoms with Crippen molar-refractivity contribution in [2.75, 3.05) is 6.54 Å². The summed E-state index contributed by atoms with van der Waals surface area (Å²) >= 11 is 8.38. The first-order valence-electron chi connectivity index (χ1n) is 7.24. The Kier molecular flexibility index (Phi) is 4.64. The van der Waals surface area contributed by atoms with E-state index in [1.54, 1.807) is 19.1 Å². The zero-order valence-corrected chi connectivity index (χ0v) is 15.1. The summed E-state index contributed by atoms with van der Waals surface area (Å²) in [5.74, 6) is 0.139. The van der Waals surface area contributed by atoms with Crippen LogP contribution in [0.3, 0.4) is 0 Å². The van der Waals surface area contributed by atoms with E-state index in [1.807, 2.05) is 24.3 Å². The van der Waals surface area contributed by atoms with E-state index >= 15 is 0 Å². The fourth-order valence-electron chi connectivity index (χ4n) is 2.32. The number of nitrogens with one attached hydrogen (secondary N) is 1. The second-order valence-corrected chi connectivity index (χ2v) is 6.38. The smallest absolute Gasteiger partial charge is 0.265 e. The maximum Gasteiger partial charge on any atom is 0.265 e. The van der Waals surface area contributed by atoms with Gasteiger partial charge in [0.1, 0.15) is 17.1 Å². The van der Waals surface area contributed by atoms with Crippen LogP contribution in [0, 0.1) is 0 Å². The van der Waals surface area contributed by atoms with Crippen LogP contribution in [0.4, 0.5) is 0 Å². The van der Waals surface area contributed by atoms with Gasteiger partial charge in [-0.25, -0.2) is 0 Å². The van der Waals surface area contributed by atoms with Crippen LogP contribution in [0.25, 0.3) is 17.4 Å². The lowest BCUT2D eigenvalue weighted by Crippen LogP contribution is -2.53. The Morgan fingerprint density at radius 3 is 2.58 bits per heavy atom. The molecule has 0 atom stereocenters. The molecular weight excluding hydrogens is 392 g/mol. The fraction of sp³-hybridized carbons (Fsp3) is 0.118. The Morgan fingerprint density at radius 1 is 1.21 bits per heavy atom. The predicted octanol–water partition coefficient (Wildman–Crippen LogP) is 3.36. The summed E-state index contributed by atoms with van der Waals surface area (Å²) in [5.41, 5.74) is 0.904. The standard InChI is InChI=1S/C17H13BrN2O3S/c1-2-20-16(22)13(15(21)19-17(20)24)9-12-7-8-14(23-12)10-3-5-11(18)6-4-10/h3-9H,2H2,1H3,(H,19,21,24)/b13-9+. The second-order valence-electron chi connectivity index (χ2n) is 5.08. The van der Waals surface area contributed by atoms with E-state index < -0.39 is 11.8 Å². The van der Waals surface area contributed by atoms with Gasteiger partial charge in [0, 0.05) is 16.6 Å². The summed E-state index contributed by atoms with van der Waals surface area (Å²) in [5, 5.41) is 2.63. The van der Waals surface area contributed by atoms with Gasteiger partial charge in [0.2, 0.25) is 0 Å². The minimum absolute atomic E-state index is 0.00200. The SMILES string of the molecule is CCN1C(=O)/C(=C/c2ccc(-c3ccc(Br)cc3)o2)C(=O)NC1=S. The molecule has 7 heteroatoms. The lowest BCUT2D eigenvalue weighted by molar-refractivity contribution is -0.128. The van der Waals surface area contributed by atoms with Crippen LogP contribution in [0.5, 0.6) is 0 Å². The zero-order valence-electron chi connectivity index (χ0n) is 12.7. The number of carbonyl (C=O) groups is 2. The second kappa shape index (κ2) is 6.70. The minimum Gasteiger partial charge on any atom is -0.457 e. The fourth-order valence-corrected chi connectivity index (χ4v) is 2.89. The van der Waals surface area contributed by atoms with Gasteiger partial charge in [-0.05, 0) is 49.5 Å². The lowest BCUT2D eigenvalue weighted by atomic mass is 10.1. The van der Waals surface area contributed by atoms with Crippen LogP contribution in [0.15, 0.2) is 50.9 Å². The lowest BCUT2D eigenvalue weighted by Gasteiger charge is -2.27. The molecule has 2 amide bonds. The number of carbonyl (C=O) groups excluding carboxylic acids is 2. The average Bonchev–Trinajstić information content (AvgIpc) is 3.01. The van der Waals surface area contributed by atoms with Gasteiger partial charge >= 0.3 is 0 Å². The number of furan rings is 1. The molecule has 0 saturated carbocycles. The minimum atomic E-state index is -0.517. The molecule has 0 spiro atoms. The van der Waals surface area contributed by atoms with E-state index in [2.05, 4.69) is 21.2 Å². The number of halogens is 1. The number of likely N-dealkylation sites (N-methyl/N-ethyl adjacent to an activating group) is 1. The highest BCUT2D eigenvalue weighted by Gasteiger charge is 2.32. The van der Waals surface area contributed by atoms with Crippen LogP contribution in [-0.2, 0) is 9.59 Å². The van der Waals surface area contributed by atoms with Gasteiger partial charge in [-0.3, -0.25) is 19.8 Å². The quantitative estimate of drug-likeness (QED) is 0.483. The van der Waals surface area contributed by atoms with Crippen LogP contribution in [-0.4, -0.2) is 28.4 Å². The summed E-state index contributed by atoms with van der Waals surface area (Å²) in [4.78, 5) is 25.7. The maximum absolute atomic E-state index is 12.4. The van der Waals surface area contributed by atoms with Crippen molar-refractivity contribution in [2.45, 2.75) is 6.92 Å². The number of thiocarbonyl (C=S) groups is 1. The number of hydrogen-bond acceptors (Lipinski definition) is 4. The van der Waals surface area contributed by atoms with Crippen LogP contribution >= 0.6 is 28.1 Å². The summed E-state index contributed by atoms with van der Waals surface area (Å²) in [7, 11) is 0. The van der Waals surface area contributed by atoms with E-state index in [-0.39, 0.29) is 10.7 Å². The highest BCUT2D eigenvalue weighted by atomic mass is 79.9. The van der Waals surface area contributed by atoms with E-state index in [4.69, 9.17) is 16.6 Å². The molecule has 1 aromatic carbocycles. The van der Waals surface area contributed by atoms with E-state index in [0.717, 1.165) is 10.0 Å². The van der Waals surface area contributed by atoms with Crippen molar-refractivity contribution in [1.82, 2.24) is 10.2 Å². The summed E-state index contributed by atoms with van der Waals surface area (Å²) < 4.78 is 6.70. The van der Waals surface area contributed by atoms with Gasteiger partial charge in [0.15, 0.2) is 5.11 Å². The molecule has 1 N–H and O–H groups in total. The normalized spacial score (nSPS) is 16.7. The molecule has 0 bridgehead atoms. The number of benzene rings is 1. The Balaban J connectivity index is 1.91. The van der Waals surface area contributed by atoms with Crippen molar-refractivity contribution in [2.24, 2.45) is 0 Å². The van der Waals surface area contributed by atoms with Gasteiger partial charge in [-0.2, -0.15) is 0 Å². The Labute approximate surface area is 152 Å². The van der Waals surface area contributed by atoms with Gasteiger partial charge in [0.05, 0.1) is 0 Å². The first-order chi connectivity index (χ1) is 11.5. The molecule has 2 aromatic rings. The van der Waals surface area contributed by atoms with E-state index in [0.29, 0.717) is 18.1 Å². The third-order valence-electron chi connectivity index (χ3n) is 3.54. The summed E-state index contributed by atoms with van der Waals surface area (Å²) in [6.45, 7) is 2.18. The van der Waals surface area contributed by atoms with Crippen molar-refractivity contribution in [3.05, 3.63) is 52.2 Å². The Morgan fingerprint density at radius 2 is 1.92 bits per heavy atom. The predicted molar refractivity (Wildman–Crippen MR) is 97.9 cm³/mol. The molecule has 1 fully saturated rings. The molecule has 1 aromatic heterocycles. The molecule has 0 unspecified atom stereocenters. The molecule has 5 nitrogen and oxygen atoms in total. The van der Waals surface area contributed by atoms with Gasteiger partial charge in [-0.15, -0.1) is 0 Å². The molecule has 2 heterocycles. The van der Waals surface area contributed by atoms with Crippen LogP contribution in [0.1, 0.15) is 12.7 Å².